The van der Waals surface area contributed by atoms with Crippen LogP contribution in [-0.4, -0.2) is 43.2 Å². The zero-order valence-electron chi connectivity index (χ0n) is 10.3. The fourth-order valence-corrected chi connectivity index (χ4v) is 1.42. The molecule has 3 N–H and O–H groups in total. The Morgan fingerprint density at radius 1 is 1.41 bits per heavy atom. The lowest BCUT2D eigenvalue weighted by Gasteiger charge is -2.12. The molecule has 5 nitrogen and oxygen atoms in total. The summed E-state index contributed by atoms with van der Waals surface area (Å²) in [7, 11) is 4.04. The number of para-hydroxylation sites is 1. The minimum atomic E-state index is 0.0632. The van der Waals surface area contributed by atoms with Gasteiger partial charge >= 0.3 is 0 Å². The number of nitrogens with zero attached hydrogens (tertiary/aromatic N) is 2. The first-order chi connectivity index (χ1) is 8.15. The van der Waals surface area contributed by atoms with Gasteiger partial charge in [0.05, 0.1) is 12.2 Å². The van der Waals surface area contributed by atoms with Crippen LogP contribution < -0.4 is 10.5 Å². The number of ether oxygens (including phenoxy) is 1. The van der Waals surface area contributed by atoms with Crippen LogP contribution in [0.3, 0.4) is 0 Å². The standard InChI is InChI=1S/C12H19N3O2/c1-15(2)8-5-9-17-11-7-4-3-6-10(11)12(13)14-16/h3-4,6-7,16H,5,8-9H2,1-2H3,(H2,13,14). The highest BCUT2D eigenvalue weighted by Crippen LogP contribution is 2.17. The van der Waals surface area contributed by atoms with Crippen LogP contribution in [0.5, 0.6) is 5.75 Å². The predicted octanol–water partition coefficient (Wildman–Crippen LogP) is 1.11. The largest absolute Gasteiger partial charge is 0.493 e. The molecule has 0 fully saturated rings. The Kier molecular flexibility index (Phi) is 5.29. The molecule has 0 saturated heterocycles. The van der Waals surface area contributed by atoms with Gasteiger partial charge in [-0.1, -0.05) is 17.3 Å². The zero-order valence-corrected chi connectivity index (χ0v) is 10.3. The number of amidine groups is 1. The van der Waals surface area contributed by atoms with Crippen LogP contribution >= 0.6 is 0 Å². The number of rotatable bonds is 6. The lowest BCUT2D eigenvalue weighted by atomic mass is 10.2. The third kappa shape index (κ3) is 4.32. The normalized spacial score (nSPS) is 11.8. The van der Waals surface area contributed by atoms with Gasteiger partial charge < -0.3 is 20.6 Å². The molecule has 0 aliphatic carbocycles. The Morgan fingerprint density at radius 3 is 2.76 bits per heavy atom. The Bertz CT molecular complexity index is 378. The van der Waals surface area contributed by atoms with Gasteiger partial charge in [0.2, 0.25) is 0 Å². The third-order valence-electron chi connectivity index (χ3n) is 2.28. The van der Waals surface area contributed by atoms with E-state index in [2.05, 4.69) is 10.1 Å². The smallest absolute Gasteiger partial charge is 0.173 e. The monoisotopic (exact) mass is 237 g/mol. The molecular weight excluding hydrogens is 218 g/mol. The highest BCUT2D eigenvalue weighted by atomic mass is 16.5. The van der Waals surface area contributed by atoms with Crippen LogP contribution in [0.15, 0.2) is 29.4 Å². The maximum Gasteiger partial charge on any atom is 0.173 e. The highest BCUT2D eigenvalue weighted by Gasteiger charge is 2.06. The van der Waals surface area contributed by atoms with Crippen molar-refractivity contribution < 1.29 is 9.94 Å². The van der Waals surface area contributed by atoms with Crippen LogP contribution in [0.4, 0.5) is 0 Å². The van der Waals surface area contributed by atoms with Crippen LogP contribution in [0, 0.1) is 0 Å². The molecule has 94 valence electrons. The summed E-state index contributed by atoms with van der Waals surface area (Å²) in [5.41, 5.74) is 6.17. The van der Waals surface area contributed by atoms with Crippen molar-refractivity contribution in [3.05, 3.63) is 29.8 Å². The van der Waals surface area contributed by atoms with Crippen molar-refractivity contribution in [2.45, 2.75) is 6.42 Å². The molecule has 1 aromatic carbocycles. The summed E-state index contributed by atoms with van der Waals surface area (Å²) in [5.74, 6) is 0.703. The minimum Gasteiger partial charge on any atom is -0.493 e. The average molecular weight is 237 g/mol. The van der Waals surface area contributed by atoms with Gasteiger partial charge in [0.1, 0.15) is 5.75 Å². The van der Waals surface area contributed by atoms with Crippen molar-refractivity contribution in [1.29, 1.82) is 0 Å². The topological polar surface area (TPSA) is 71.1 Å². The fourth-order valence-electron chi connectivity index (χ4n) is 1.42. The first-order valence-electron chi connectivity index (χ1n) is 5.49. The second-order valence-electron chi connectivity index (χ2n) is 3.99. The van der Waals surface area contributed by atoms with Crippen molar-refractivity contribution in [2.24, 2.45) is 10.9 Å². The van der Waals surface area contributed by atoms with Crippen molar-refractivity contribution in [2.75, 3.05) is 27.2 Å². The molecule has 1 rings (SSSR count). The Balaban J connectivity index is 2.58. The van der Waals surface area contributed by atoms with E-state index in [1.54, 1.807) is 6.07 Å². The highest BCUT2D eigenvalue weighted by molar-refractivity contribution is 5.99. The quantitative estimate of drug-likeness (QED) is 0.256. The Labute approximate surface area is 101 Å². The van der Waals surface area contributed by atoms with Crippen molar-refractivity contribution in [3.63, 3.8) is 0 Å². The summed E-state index contributed by atoms with van der Waals surface area (Å²) < 4.78 is 5.61. The van der Waals surface area contributed by atoms with Gasteiger partial charge in [0.15, 0.2) is 5.84 Å². The van der Waals surface area contributed by atoms with Gasteiger partial charge in [-0.2, -0.15) is 0 Å². The van der Waals surface area contributed by atoms with E-state index in [1.165, 1.54) is 0 Å². The van der Waals surface area contributed by atoms with Gasteiger partial charge in [-0.3, -0.25) is 0 Å². The van der Waals surface area contributed by atoms with Gasteiger partial charge in [-0.25, -0.2) is 0 Å². The molecule has 17 heavy (non-hydrogen) atoms. The molecule has 0 unspecified atom stereocenters. The van der Waals surface area contributed by atoms with Gasteiger partial charge in [-0.05, 0) is 32.6 Å². The SMILES string of the molecule is CN(C)CCCOc1ccccc1/C(N)=N/O. The maximum absolute atomic E-state index is 8.66. The van der Waals surface area contributed by atoms with E-state index >= 15 is 0 Å². The predicted molar refractivity (Wildman–Crippen MR) is 67.6 cm³/mol. The second-order valence-corrected chi connectivity index (χ2v) is 3.99. The minimum absolute atomic E-state index is 0.0632. The molecule has 0 spiro atoms. The number of benzene rings is 1. The summed E-state index contributed by atoms with van der Waals surface area (Å²) in [6, 6.07) is 7.24. The van der Waals surface area contributed by atoms with E-state index < -0.39 is 0 Å². The summed E-state index contributed by atoms with van der Waals surface area (Å²) in [5, 5.41) is 11.6. The second kappa shape index (κ2) is 6.75. The molecule has 0 aliphatic rings. The van der Waals surface area contributed by atoms with Crippen LogP contribution in [0.1, 0.15) is 12.0 Å². The van der Waals surface area contributed by atoms with E-state index in [0.717, 1.165) is 13.0 Å². The van der Waals surface area contributed by atoms with Crippen molar-refractivity contribution in [3.8, 4) is 5.75 Å². The number of oxime groups is 1. The lowest BCUT2D eigenvalue weighted by Crippen LogP contribution is -2.17. The van der Waals surface area contributed by atoms with E-state index in [1.807, 2.05) is 32.3 Å². The van der Waals surface area contributed by atoms with Crippen LogP contribution in [0.25, 0.3) is 0 Å². The number of hydrogen-bond donors (Lipinski definition) is 2. The molecular formula is C12H19N3O2. The number of nitrogens with two attached hydrogens (primary N) is 1. The Hall–Kier alpha value is -1.75. The average Bonchev–Trinajstić information content (AvgIpc) is 2.34. The van der Waals surface area contributed by atoms with E-state index in [4.69, 9.17) is 15.7 Å². The first kappa shape index (κ1) is 13.3. The van der Waals surface area contributed by atoms with Gasteiger partial charge in [0.25, 0.3) is 0 Å². The molecule has 0 radical (unpaired) electrons. The van der Waals surface area contributed by atoms with E-state index in [-0.39, 0.29) is 5.84 Å². The van der Waals surface area contributed by atoms with E-state index in [9.17, 15) is 0 Å². The third-order valence-corrected chi connectivity index (χ3v) is 2.28. The summed E-state index contributed by atoms with van der Waals surface area (Å²) in [6.07, 6.45) is 0.928. The van der Waals surface area contributed by atoms with Crippen molar-refractivity contribution >= 4 is 5.84 Å². The van der Waals surface area contributed by atoms with Crippen LogP contribution in [0.2, 0.25) is 0 Å². The van der Waals surface area contributed by atoms with Gasteiger partial charge in [-0.15, -0.1) is 0 Å². The van der Waals surface area contributed by atoms with E-state index in [0.29, 0.717) is 17.9 Å². The fraction of sp³-hybridized carbons (Fsp3) is 0.417. The molecule has 0 saturated carbocycles. The molecule has 1 aromatic rings. The molecule has 0 heterocycles. The molecule has 0 atom stereocenters. The zero-order chi connectivity index (χ0) is 12.7. The van der Waals surface area contributed by atoms with Crippen molar-refractivity contribution in [1.82, 2.24) is 4.90 Å². The summed E-state index contributed by atoms with van der Waals surface area (Å²) >= 11 is 0. The molecule has 5 heteroatoms. The molecule has 0 aromatic heterocycles. The van der Waals surface area contributed by atoms with Gasteiger partial charge in [0, 0.05) is 6.54 Å². The summed E-state index contributed by atoms with van der Waals surface area (Å²) in [4.78, 5) is 2.10. The molecule has 0 aliphatic heterocycles. The van der Waals surface area contributed by atoms with Crippen LogP contribution in [-0.2, 0) is 0 Å². The maximum atomic E-state index is 8.66. The lowest BCUT2D eigenvalue weighted by molar-refractivity contribution is 0.280. The number of hydrogen-bond acceptors (Lipinski definition) is 4. The molecule has 0 bridgehead atoms. The Morgan fingerprint density at radius 2 is 2.12 bits per heavy atom. The molecule has 0 amide bonds. The first-order valence-corrected chi connectivity index (χ1v) is 5.49. The summed E-state index contributed by atoms with van der Waals surface area (Å²) in [6.45, 7) is 1.57.